The highest BCUT2D eigenvalue weighted by atomic mass is 32.1. The van der Waals surface area contributed by atoms with Crippen molar-refractivity contribution in [1.82, 2.24) is 19.1 Å². The molecule has 98 valence electrons. The molecule has 0 aliphatic carbocycles. The zero-order chi connectivity index (χ0) is 13.7. The van der Waals surface area contributed by atoms with Crippen LogP contribution in [0, 0.1) is 4.77 Å². The average molecular weight is 282 g/mol. The normalized spacial score (nSPS) is 13.5. The zero-order valence-corrected chi connectivity index (χ0v) is 11.2. The van der Waals surface area contributed by atoms with Crippen LogP contribution in [0.25, 0.3) is 16.9 Å². The van der Waals surface area contributed by atoms with E-state index in [9.17, 15) is 4.79 Å². The Morgan fingerprint density at radius 1 is 1.25 bits per heavy atom. The first-order chi connectivity index (χ1) is 9.75. The monoisotopic (exact) mass is 282 g/mol. The first kappa shape index (κ1) is 11.4. The van der Waals surface area contributed by atoms with Crippen molar-refractivity contribution >= 4 is 29.1 Å². The van der Waals surface area contributed by atoms with Crippen molar-refractivity contribution in [3.05, 3.63) is 63.4 Å². The minimum atomic E-state index is -0.241. The van der Waals surface area contributed by atoms with Gasteiger partial charge in [-0.15, -0.1) is 0 Å². The van der Waals surface area contributed by atoms with Crippen LogP contribution in [0.15, 0.2) is 47.5 Å². The molecule has 3 heterocycles. The lowest BCUT2D eigenvalue weighted by molar-refractivity contribution is 0.762. The standard InChI is InChI=1S/C14H10N4OS/c19-12-11-13-17(14(20)16-12)7-6-10(18(13)8-15-11)9-4-2-1-3-5-9/h1-6,8H,7H2,(H,16,19,20). The number of rotatable bonds is 1. The van der Waals surface area contributed by atoms with Crippen LogP contribution in [0.5, 0.6) is 0 Å². The molecule has 0 spiro atoms. The number of aromatic amines is 1. The summed E-state index contributed by atoms with van der Waals surface area (Å²) in [5.41, 5.74) is 3.03. The minimum absolute atomic E-state index is 0.241. The van der Waals surface area contributed by atoms with Crippen molar-refractivity contribution < 1.29 is 0 Å². The van der Waals surface area contributed by atoms with Crippen molar-refractivity contribution in [2.45, 2.75) is 6.54 Å². The topological polar surface area (TPSA) is 55.6 Å². The number of H-pyrrole nitrogens is 1. The van der Waals surface area contributed by atoms with Crippen LogP contribution in [0.2, 0.25) is 0 Å². The van der Waals surface area contributed by atoms with Crippen LogP contribution in [-0.2, 0) is 6.54 Å². The molecule has 0 bridgehead atoms. The highest BCUT2D eigenvalue weighted by Gasteiger charge is 2.18. The first-order valence-corrected chi connectivity index (χ1v) is 6.62. The van der Waals surface area contributed by atoms with Gasteiger partial charge in [0, 0.05) is 6.54 Å². The molecular formula is C14H10N4OS. The van der Waals surface area contributed by atoms with Gasteiger partial charge in [-0.3, -0.25) is 18.9 Å². The quantitative estimate of drug-likeness (QED) is 0.696. The fraction of sp³-hybridized carbons (Fsp3) is 0.0714. The molecule has 0 saturated carbocycles. The third-order valence-corrected chi connectivity index (χ3v) is 3.80. The lowest BCUT2D eigenvalue weighted by Gasteiger charge is -2.18. The summed E-state index contributed by atoms with van der Waals surface area (Å²) < 4.78 is 4.22. The molecule has 4 rings (SSSR count). The molecule has 0 amide bonds. The molecule has 0 fully saturated rings. The second-order valence-corrected chi connectivity index (χ2v) is 5.00. The van der Waals surface area contributed by atoms with Crippen LogP contribution in [0.4, 0.5) is 0 Å². The second-order valence-electron chi connectivity index (χ2n) is 4.61. The van der Waals surface area contributed by atoms with Gasteiger partial charge in [0.2, 0.25) is 0 Å². The third-order valence-electron chi connectivity index (χ3n) is 3.47. The highest BCUT2D eigenvalue weighted by Crippen LogP contribution is 2.25. The summed E-state index contributed by atoms with van der Waals surface area (Å²) >= 11 is 5.22. The van der Waals surface area contributed by atoms with E-state index in [0.717, 1.165) is 16.9 Å². The first-order valence-electron chi connectivity index (χ1n) is 6.22. The Labute approximate surface area is 118 Å². The number of hydrogen-bond donors (Lipinski definition) is 1. The van der Waals surface area contributed by atoms with Crippen molar-refractivity contribution in [3.63, 3.8) is 0 Å². The molecule has 0 radical (unpaired) electrons. The van der Waals surface area contributed by atoms with Crippen molar-refractivity contribution in [2.75, 3.05) is 0 Å². The summed E-state index contributed by atoms with van der Waals surface area (Å²) in [6.07, 6.45) is 3.75. The summed E-state index contributed by atoms with van der Waals surface area (Å²) in [5, 5.41) is 0. The number of aromatic nitrogens is 4. The van der Waals surface area contributed by atoms with E-state index in [2.05, 4.69) is 16.0 Å². The Kier molecular flexibility index (Phi) is 2.28. The Morgan fingerprint density at radius 3 is 2.85 bits per heavy atom. The molecule has 20 heavy (non-hydrogen) atoms. The van der Waals surface area contributed by atoms with E-state index in [0.29, 0.717) is 16.8 Å². The maximum atomic E-state index is 11.9. The van der Waals surface area contributed by atoms with Gasteiger partial charge >= 0.3 is 0 Å². The molecule has 1 aromatic carbocycles. The predicted molar refractivity (Wildman–Crippen MR) is 79.0 cm³/mol. The molecule has 0 atom stereocenters. The Balaban J connectivity index is 2.08. The van der Waals surface area contributed by atoms with Crippen LogP contribution < -0.4 is 5.56 Å². The third kappa shape index (κ3) is 1.45. The lowest BCUT2D eigenvalue weighted by Crippen LogP contribution is -2.19. The smallest absolute Gasteiger partial charge is 0.279 e. The lowest BCUT2D eigenvalue weighted by atomic mass is 10.1. The van der Waals surface area contributed by atoms with E-state index in [1.165, 1.54) is 0 Å². The van der Waals surface area contributed by atoms with Crippen LogP contribution >= 0.6 is 12.2 Å². The van der Waals surface area contributed by atoms with Gasteiger partial charge in [-0.2, -0.15) is 0 Å². The fourth-order valence-electron chi connectivity index (χ4n) is 2.57. The van der Waals surface area contributed by atoms with Gasteiger partial charge in [0.15, 0.2) is 15.9 Å². The van der Waals surface area contributed by atoms with Gasteiger partial charge in [-0.1, -0.05) is 30.3 Å². The van der Waals surface area contributed by atoms with Crippen molar-refractivity contribution in [3.8, 4) is 0 Å². The van der Waals surface area contributed by atoms with Crippen molar-refractivity contribution in [1.29, 1.82) is 0 Å². The van der Waals surface area contributed by atoms with Gasteiger partial charge in [-0.05, 0) is 23.9 Å². The number of benzene rings is 1. The van der Waals surface area contributed by atoms with E-state index in [1.54, 1.807) is 6.33 Å². The van der Waals surface area contributed by atoms with Gasteiger partial charge in [0.05, 0.1) is 5.70 Å². The van der Waals surface area contributed by atoms with Gasteiger partial charge in [-0.25, -0.2) is 4.98 Å². The van der Waals surface area contributed by atoms with E-state index < -0.39 is 0 Å². The molecule has 1 aliphatic heterocycles. The van der Waals surface area contributed by atoms with E-state index >= 15 is 0 Å². The summed E-state index contributed by atoms with van der Waals surface area (Å²) in [6.45, 7) is 0.627. The molecule has 3 aromatic rings. The van der Waals surface area contributed by atoms with Gasteiger partial charge in [0.25, 0.3) is 5.56 Å². The van der Waals surface area contributed by atoms with Gasteiger partial charge < -0.3 is 0 Å². The van der Waals surface area contributed by atoms with Crippen LogP contribution in [0.3, 0.4) is 0 Å². The maximum absolute atomic E-state index is 11.9. The number of imidazole rings is 1. The average Bonchev–Trinajstić information content (AvgIpc) is 2.91. The number of hydrogen-bond acceptors (Lipinski definition) is 3. The van der Waals surface area contributed by atoms with Gasteiger partial charge in [0.1, 0.15) is 6.33 Å². The summed E-state index contributed by atoms with van der Waals surface area (Å²) in [4.78, 5) is 18.8. The SMILES string of the molecule is O=c1[nH]c(=S)n2c3c1ncn3C(c1ccccc1)=CC2. The number of nitrogens with one attached hydrogen (secondary N) is 1. The predicted octanol–water partition coefficient (Wildman–Crippen LogP) is 2.16. The van der Waals surface area contributed by atoms with Crippen LogP contribution in [0.1, 0.15) is 5.56 Å². The zero-order valence-electron chi connectivity index (χ0n) is 10.4. The fourth-order valence-corrected chi connectivity index (χ4v) is 2.82. The molecule has 1 N–H and O–H groups in total. The summed E-state index contributed by atoms with van der Waals surface area (Å²) in [7, 11) is 0. The summed E-state index contributed by atoms with van der Waals surface area (Å²) in [5.74, 6) is 0. The molecule has 5 nitrogen and oxygen atoms in total. The minimum Gasteiger partial charge on any atom is -0.298 e. The van der Waals surface area contributed by atoms with E-state index in [4.69, 9.17) is 12.2 Å². The molecule has 0 saturated heterocycles. The number of nitrogens with zero attached hydrogens (tertiary/aromatic N) is 3. The van der Waals surface area contributed by atoms with Crippen molar-refractivity contribution in [2.24, 2.45) is 0 Å². The molecular weight excluding hydrogens is 272 g/mol. The largest absolute Gasteiger partial charge is 0.298 e. The molecule has 6 heteroatoms. The Bertz CT molecular complexity index is 962. The second kappa shape index (κ2) is 4.01. The maximum Gasteiger partial charge on any atom is 0.279 e. The number of allylic oxidation sites excluding steroid dienone is 1. The highest BCUT2D eigenvalue weighted by molar-refractivity contribution is 7.71. The van der Waals surface area contributed by atoms with E-state index in [1.807, 2.05) is 39.5 Å². The molecule has 2 aromatic heterocycles. The summed E-state index contributed by atoms with van der Waals surface area (Å²) in [6, 6.07) is 10.0. The molecule has 0 unspecified atom stereocenters. The Morgan fingerprint density at radius 2 is 2.05 bits per heavy atom. The van der Waals surface area contributed by atoms with E-state index in [-0.39, 0.29) is 5.56 Å². The molecule has 1 aliphatic rings. The Hall–Kier alpha value is -2.47. The van der Waals surface area contributed by atoms with Crippen LogP contribution in [-0.4, -0.2) is 19.1 Å².